The maximum Gasteiger partial charge on any atom is 0.319 e. The van der Waals surface area contributed by atoms with Gasteiger partial charge in [0.25, 0.3) is 0 Å². The standard InChI is InChI=1S/C16H30F2O2S/c1-12(2)10-14(16(19)20-11-13(3)4)21-9-7-5-6-8-15(17)18/h12-15H,5-11H2,1-4H3. The van der Waals surface area contributed by atoms with Gasteiger partial charge in [0, 0.05) is 6.42 Å². The number of unbranched alkanes of at least 4 members (excludes halogenated alkanes) is 2. The molecule has 0 aromatic heterocycles. The Labute approximate surface area is 132 Å². The van der Waals surface area contributed by atoms with Crippen LogP contribution in [0.25, 0.3) is 0 Å². The minimum absolute atomic E-state index is 0.0173. The highest BCUT2D eigenvalue weighted by atomic mass is 32.2. The molecule has 0 heterocycles. The van der Waals surface area contributed by atoms with Crippen molar-refractivity contribution in [3.05, 3.63) is 0 Å². The fraction of sp³-hybridized carbons (Fsp3) is 0.938. The van der Waals surface area contributed by atoms with Crippen molar-refractivity contribution in [2.75, 3.05) is 12.4 Å². The van der Waals surface area contributed by atoms with Gasteiger partial charge in [-0.15, -0.1) is 11.8 Å². The molecule has 0 aromatic carbocycles. The predicted molar refractivity (Wildman–Crippen MR) is 86.0 cm³/mol. The van der Waals surface area contributed by atoms with Crippen LogP contribution in [0.3, 0.4) is 0 Å². The summed E-state index contributed by atoms with van der Waals surface area (Å²) in [5.74, 6) is 1.48. The third kappa shape index (κ3) is 13.1. The number of thioether (sulfide) groups is 1. The summed E-state index contributed by atoms with van der Waals surface area (Å²) in [6, 6.07) is 0. The number of rotatable bonds is 12. The van der Waals surface area contributed by atoms with Gasteiger partial charge >= 0.3 is 5.97 Å². The molecular weight excluding hydrogens is 294 g/mol. The van der Waals surface area contributed by atoms with Gasteiger partial charge in [0.2, 0.25) is 6.43 Å². The lowest BCUT2D eigenvalue weighted by Gasteiger charge is -2.18. The Balaban J connectivity index is 3.98. The quantitative estimate of drug-likeness (QED) is 0.366. The first kappa shape index (κ1) is 20.7. The fourth-order valence-electron chi connectivity index (χ4n) is 1.81. The normalized spacial score (nSPS) is 13.2. The van der Waals surface area contributed by atoms with Crippen LogP contribution in [0.1, 0.15) is 59.8 Å². The summed E-state index contributed by atoms with van der Waals surface area (Å²) in [7, 11) is 0. The van der Waals surface area contributed by atoms with Crippen molar-refractivity contribution in [1.82, 2.24) is 0 Å². The van der Waals surface area contributed by atoms with Gasteiger partial charge in [0.1, 0.15) is 5.25 Å². The molecule has 0 aliphatic rings. The second kappa shape index (κ2) is 12.2. The van der Waals surface area contributed by atoms with Gasteiger partial charge in [-0.2, -0.15) is 0 Å². The van der Waals surface area contributed by atoms with Gasteiger partial charge in [-0.3, -0.25) is 4.79 Å². The second-order valence-electron chi connectivity index (χ2n) is 6.25. The Hall–Kier alpha value is -0.320. The molecule has 1 unspecified atom stereocenters. The Morgan fingerprint density at radius 3 is 2.24 bits per heavy atom. The second-order valence-corrected chi connectivity index (χ2v) is 7.56. The molecule has 0 rings (SSSR count). The summed E-state index contributed by atoms with van der Waals surface area (Å²) in [5.41, 5.74) is 0. The van der Waals surface area contributed by atoms with Crippen LogP contribution in [0.4, 0.5) is 8.78 Å². The first-order chi connectivity index (χ1) is 9.82. The van der Waals surface area contributed by atoms with Gasteiger partial charge in [0.05, 0.1) is 6.61 Å². The summed E-state index contributed by atoms with van der Waals surface area (Å²) < 4.78 is 29.3. The Kier molecular flexibility index (Phi) is 12.1. The number of carbonyl (C=O) groups excluding carboxylic acids is 1. The zero-order valence-corrected chi connectivity index (χ0v) is 14.6. The van der Waals surface area contributed by atoms with Crippen molar-refractivity contribution in [2.24, 2.45) is 11.8 Å². The van der Waals surface area contributed by atoms with E-state index in [0.29, 0.717) is 24.9 Å². The molecule has 0 aliphatic carbocycles. The number of ether oxygens (including phenoxy) is 1. The molecule has 0 fully saturated rings. The van der Waals surface area contributed by atoms with E-state index in [1.54, 1.807) is 11.8 Å². The number of alkyl halides is 2. The van der Waals surface area contributed by atoms with Crippen molar-refractivity contribution in [1.29, 1.82) is 0 Å². The van der Waals surface area contributed by atoms with Crippen LogP contribution in [0, 0.1) is 11.8 Å². The minimum atomic E-state index is -2.20. The molecule has 0 aromatic rings. The number of esters is 1. The summed E-state index contributed by atoms with van der Waals surface area (Å²) in [6.07, 6.45) is 0.827. The van der Waals surface area contributed by atoms with E-state index in [1.807, 2.05) is 13.8 Å². The van der Waals surface area contributed by atoms with E-state index in [4.69, 9.17) is 4.74 Å². The van der Waals surface area contributed by atoms with E-state index in [0.717, 1.165) is 25.0 Å². The zero-order chi connectivity index (χ0) is 16.3. The lowest BCUT2D eigenvalue weighted by Crippen LogP contribution is -2.24. The average molecular weight is 324 g/mol. The third-order valence-corrected chi connectivity index (χ3v) is 4.20. The lowest BCUT2D eigenvalue weighted by atomic mass is 10.1. The zero-order valence-electron chi connectivity index (χ0n) is 13.7. The smallest absolute Gasteiger partial charge is 0.319 e. The van der Waals surface area contributed by atoms with Crippen LogP contribution in [0.15, 0.2) is 0 Å². The molecule has 0 bridgehead atoms. The third-order valence-electron chi connectivity index (χ3n) is 2.89. The molecule has 0 saturated carbocycles. The number of halogens is 2. The number of hydrogen-bond donors (Lipinski definition) is 0. The molecule has 0 amide bonds. The van der Waals surface area contributed by atoms with Crippen LogP contribution >= 0.6 is 11.8 Å². The lowest BCUT2D eigenvalue weighted by molar-refractivity contribution is -0.144. The number of hydrogen-bond acceptors (Lipinski definition) is 3. The molecule has 0 spiro atoms. The van der Waals surface area contributed by atoms with E-state index >= 15 is 0 Å². The maximum atomic E-state index is 12.1. The van der Waals surface area contributed by atoms with Crippen LogP contribution in [-0.4, -0.2) is 30.0 Å². The topological polar surface area (TPSA) is 26.3 Å². The van der Waals surface area contributed by atoms with Crippen molar-refractivity contribution in [3.63, 3.8) is 0 Å². The van der Waals surface area contributed by atoms with E-state index in [1.165, 1.54) is 0 Å². The number of carbonyl (C=O) groups is 1. The summed E-state index contributed by atoms with van der Waals surface area (Å²) in [4.78, 5) is 12.1. The molecule has 2 nitrogen and oxygen atoms in total. The molecular formula is C16H30F2O2S. The van der Waals surface area contributed by atoms with Crippen molar-refractivity contribution in [3.8, 4) is 0 Å². The SMILES string of the molecule is CC(C)COC(=O)C(CC(C)C)SCCCCCC(F)F. The molecule has 0 radical (unpaired) electrons. The van der Waals surface area contributed by atoms with E-state index < -0.39 is 6.43 Å². The van der Waals surface area contributed by atoms with E-state index in [2.05, 4.69) is 13.8 Å². The van der Waals surface area contributed by atoms with Crippen LogP contribution in [0.5, 0.6) is 0 Å². The van der Waals surface area contributed by atoms with Gasteiger partial charge < -0.3 is 4.74 Å². The Morgan fingerprint density at radius 2 is 1.71 bits per heavy atom. The largest absolute Gasteiger partial charge is 0.465 e. The van der Waals surface area contributed by atoms with Crippen LogP contribution in [-0.2, 0) is 9.53 Å². The monoisotopic (exact) mass is 324 g/mol. The van der Waals surface area contributed by atoms with Gasteiger partial charge in [-0.25, -0.2) is 8.78 Å². The highest BCUT2D eigenvalue weighted by Gasteiger charge is 2.21. The molecule has 126 valence electrons. The molecule has 0 aliphatic heterocycles. The summed E-state index contributed by atoms with van der Waals surface area (Å²) >= 11 is 1.61. The molecule has 0 saturated heterocycles. The van der Waals surface area contributed by atoms with E-state index in [-0.39, 0.29) is 17.6 Å². The van der Waals surface area contributed by atoms with Crippen molar-refractivity contribution in [2.45, 2.75) is 71.5 Å². The molecule has 5 heteroatoms. The summed E-state index contributed by atoms with van der Waals surface area (Å²) in [5, 5.41) is -0.126. The van der Waals surface area contributed by atoms with Crippen molar-refractivity contribution >= 4 is 17.7 Å². The predicted octanol–water partition coefficient (Wildman–Crippen LogP) is 5.16. The first-order valence-corrected chi connectivity index (χ1v) is 8.94. The van der Waals surface area contributed by atoms with Crippen LogP contribution < -0.4 is 0 Å². The summed E-state index contributed by atoms with van der Waals surface area (Å²) in [6.45, 7) is 8.67. The molecule has 21 heavy (non-hydrogen) atoms. The Bertz CT molecular complexity index is 271. The average Bonchev–Trinajstić information content (AvgIpc) is 2.37. The van der Waals surface area contributed by atoms with Gasteiger partial charge in [0.15, 0.2) is 0 Å². The Morgan fingerprint density at radius 1 is 1.05 bits per heavy atom. The van der Waals surface area contributed by atoms with Crippen molar-refractivity contribution < 1.29 is 18.3 Å². The highest BCUT2D eigenvalue weighted by Crippen LogP contribution is 2.23. The maximum absolute atomic E-state index is 12.1. The molecule has 1 atom stereocenters. The molecule has 0 N–H and O–H groups in total. The van der Waals surface area contributed by atoms with E-state index in [9.17, 15) is 13.6 Å². The van der Waals surface area contributed by atoms with Crippen LogP contribution in [0.2, 0.25) is 0 Å². The highest BCUT2D eigenvalue weighted by molar-refractivity contribution is 8.00. The van der Waals surface area contributed by atoms with Gasteiger partial charge in [-0.05, 0) is 36.9 Å². The first-order valence-electron chi connectivity index (χ1n) is 7.89. The fourth-order valence-corrected chi connectivity index (χ4v) is 3.19. The minimum Gasteiger partial charge on any atom is -0.465 e. The van der Waals surface area contributed by atoms with Gasteiger partial charge in [-0.1, -0.05) is 34.1 Å².